The molecule has 2 atom stereocenters. The summed E-state index contributed by atoms with van der Waals surface area (Å²) in [5.74, 6) is 0. The Labute approximate surface area is 102 Å². The first-order valence-corrected chi connectivity index (χ1v) is 7.14. The smallest absolute Gasteiger partial charge is 0.0429 e. The number of aryl methyl sites for hydroxylation is 1. The second kappa shape index (κ2) is 5.80. The van der Waals surface area contributed by atoms with Crippen molar-refractivity contribution in [3.05, 3.63) is 21.9 Å². The average Bonchev–Trinajstić information content (AvgIpc) is 2.74. The minimum atomic E-state index is 0.524. The highest BCUT2D eigenvalue weighted by Gasteiger charge is 2.20. The van der Waals surface area contributed by atoms with Crippen LogP contribution in [0.2, 0.25) is 0 Å². The molecular weight excluding hydrogens is 216 g/mol. The van der Waals surface area contributed by atoms with E-state index in [1.54, 1.807) is 0 Å². The van der Waals surface area contributed by atoms with Crippen molar-refractivity contribution >= 4 is 11.3 Å². The fourth-order valence-corrected chi connectivity index (χ4v) is 3.56. The molecule has 1 aliphatic heterocycles. The zero-order chi connectivity index (χ0) is 11.4. The first-order valence-electron chi connectivity index (χ1n) is 6.26. The minimum absolute atomic E-state index is 0.524. The zero-order valence-electron chi connectivity index (χ0n) is 10.3. The summed E-state index contributed by atoms with van der Waals surface area (Å²) in [6, 6.07) is 3.45. The second-order valence-corrected chi connectivity index (χ2v) is 5.64. The van der Waals surface area contributed by atoms with Gasteiger partial charge in [0.25, 0.3) is 0 Å². The van der Waals surface area contributed by atoms with Crippen molar-refractivity contribution in [2.45, 2.75) is 44.7 Å². The van der Waals surface area contributed by atoms with Crippen LogP contribution in [0.4, 0.5) is 0 Å². The van der Waals surface area contributed by atoms with Gasteiger partial charge in [0, 0.05) is 17.0 Å². The van der Waals surface area contributed by atoms with Crippen LogP contribution in [0.1, 0.15) is 42.2 Å². The van der Waals surface area contributed by atoms with Crippen LogP contribution in [0.15, 0.2) is 11.4 Å². The number of rotatable bonds is 4. The van der Waals surface area contributed by atoms with Gasteiger partial charge in [0.2, 0.25) is 0 Å². The van der Waals surface area contributed by atoms with Crippen molar-refractivity contribution in [2.75, 3.05) is 13.6 Å². The third-order valence-electron chi connectivity index (χ3n) is 3.50. The molecule has 2 heterocycles. The second-order valence-electron chi connectivity index (χ2n) is 4.69. The van der Waals surface area contributed by atoms with E-state index in [9.17, 15) is 0 Å². The molecule has 1 aliphatic rings. The molecule has 2 nitrogen and oxygen atoms in total. The highest BCUT2D eigenvalue weighted by molar-refractivity contribution is 7.10. The Morgan fingerprint density at radius 3 is 3.00 bits per heavy atom. The maximum atomic E-state index is 3.63. The highest BCUT2D eigenvalue weighted by atomic mass is 32.1. The van der Waals surface area contributed by atoms with Crippen molar-refractivity contribution < 1.29 is 0 Å². The van der Waals surface area contributed by atoms with Crippen molar-refractivity contribution in [1.82, 2.24) is 10.6 Å². The van der Waals surface area contributed by atoms with E-state index in [-0.39, 0.29) is 0 Å². The molecule has 0 aliphatic carbocycles. The Morgan fingerprint density at radius 1 is 1.56 bits per heavy atom. The third-order valence-corrected chi connectivity index (χ3v) is 4.63. The zero-order valence-corrected chi connectivity index (χ0v) is 11.1. The van der Waals surface area contributed by atoms with Gasteiger partial charge in [-0.15, -0.1) is 11.3 Å². The number of hydrogen-bond acceptors (Lipinski definition) is 3. The van der Waals surface area contributed by atoms with Gasteiger partial charge in [0.15, 0.2) is 0 Å². The summed E-state index contributed by atoms with van der Waals surface area (Å²) in [5, 5.41) is 9.29. The predicted molar refractivity (Wildman–Crippen MR) is 71.1 cm³/mol. The Hall–Kier alpha value is -0.380. The summed E-state index contributed by atoms with van der Waals surface area (Å²) < 4.78 is 0. The van der Waals surface area contributed by atoms with Crippen LogP contribution in [-0.4, -0.2) is 19.6 Å². The first-order chi connectivity index (χ1) is 7.81. The summed E-state index contributed by atoms with van der Waals surface area (Å²) in [6.45, 7) is 3.41. The van der Waals surface area contributed by atoms with E-state index < -0.39 is 0 Å². The van der Waals surface area contributed by atoms with Crippen molar-refractivity contribution in [3.63, 3.8) is 0 Å². The molecule has 0 radical (unpaired) electrons. The molecule has 0 amide bonds. The lowest BCUT2D eigenvalue weighted by atomic mass is 9.96. The first kappa shape index (κ1) is 12.1. The van der Waals surface area contributed by atoms with Crippen LogP contribution >= 0.6 is 11.3 Å². The van der Waals surface area contributed by atoms with Crippen LogP contribution in [0, 0.1) is 6.92 Å². The molecule has 0 bridgehead atoms. The van der Waals surface area contributed by atoms with Gasteiger partial charge in [-0.2, -0.15) is 0 Å². The standard InChI is InChI=1S/C13H22N2S/c1-10-6-8-16-13(10)12(14-2)9-11-5-3-4-7-15-11/h6,8,11-12,14-15H,3-5,7,9H2,1-2H3. The molecule has 2 N–H and O–H groups in total. The molecule has 3 heteroatoms. The molecule has 0 aromatic carbocycles. The fraction of sp³-hybridized carbons (Fsp3) is 0.692. The van der Waals surface area contributed by atoms with Gasteiger partial charge in [0.1, 0.15) is 0 Å². The lowest BCUT2D eigenvalue weighted by Crippen LogP contribution is -2.37. The monoisotopic (exact) mass is 238 g/mol. The van der Waals surface area contributed by atoms with E-state index in [4.69, 9.17) is 0 Å². The SMILES string of the molecule is CNC(CC1CCCCN1)c1sccc1C. The lowest BCUT2D eigenvalue weighted by molar-refractivity contribution is 0.348. The normalized spacial score (nSPS) is 23.2. The fourth-order valence-electron chi connectivity index (χ4n) is 2.51. The van der Waals surface area contributed by atoms with Crippen molar-refractivity contribution in [1.29, 1.82) is 0 Å². The molecule has 2 rings (SSSR count). The molecule has 16 heavy (non-hydrogen) atoms. The minimum Gasteiger partial charge on any atom is -0.314 e. The van der Waals surface area contributed by atoms with E-state index >= 15 is 0 Å². The number of hydrogen-bond donors (Lipinski definition) is 2. The molecule has 0 spiro atoms. The predicted octanol–water partition coefficient (Wildman–Crippen LogP) is 2.85. The topological polar surface area (TPSA) is 24.1 Å². The van der Waals surface area contributed by atoms with E-state index in [0.29, 0.717) is 12.1 Å². The molecule has 1 aromatic rings. The molecule has 1 fully saturated rings. The summed E-state index contributed by atoms with van der Waals surface area (Å²) in [4.78, 5) is 1.51. The Morgan fingerprint density at radius 2 is 2.44 bits per heavy atom. The van der Waals surface area contributed by atoms with Crippen molar-refractivity contribution in [2.24, 2.45) is 0 Å². The molecule has 1 saturated heterocycles. The van der Waals surface area contributed by atoms with Gasteiger partial charge in [-0.05, 0) is 56.8 Å². The molecule has 1 aromatic heterocycles. The van der Waals surface area contributed by atoms with Gasteiger partial charge in [-0.25, -0.2) is 0 Å². The van der Waals surface area contributed by atoms with Crippen LogP contribution in [0.25, 0.3) is 0 Å². The Bertz CT molecular complexity index is 315. The molecule has 90 valence electrons. The molecule has 2 unspecified atom stereocenters. The van der Waals surface area contributed by atoms with Crippen LogP contribution < -0.4 is 10.6 Å². The van der Waals surface area contributed by atoms with Crippen molar-refractivity contribution in [3.8, 4) is 0 Å². The average molecular weight is 238 g/mol. The third kappa shape index (κ3) is 2.84. The van der Waals surface area contributed by atoms with Crippen LogP contribution in [0.5, 0.6) is 0 Å². The highest BCUT2D eigenvalue weighted by Crippen LogP contribution is 2.28. The van der Waals surface area contributed by atoms with Gasteiger partial charge < -0.3 is 10.6 Å². The van der Waals surface area contributed by atoms with Gasteiger partial charge in [-0.3, -0.25) is 0 Å². The van der Waals surface area contributed by atoms with Gasteiger partial charge in [-0.1, -0.05) is 6.42 Å². The van der Waals surface area contributed by atoms with E-state index in [0.717, 1.165) is 0 Å². The van der Waals surface area contributed by atoms with E-state index in [1.165, 1.54) is 42.7 Å². The summed E-state index contributed by atoms with van der Waals surface area (Å²) in [5.41, 5.74) is 1.43. The van der Waals surface area contributed by atoms with E-state index in [1.807, 2.05) is 11.3 Å². The molecule has 0 saturated carbocycles. The number of nitrogens with one attached hydrogen (secondary N) is 2. The largest absolute Gasteiger partial charge is 0.314 e. The number of piperidine rings is 1. The summed E-state index contributed by atoms with van der Waals surface area (Å²) in [7, 11) is 2.08. The summed E-state index contributed by atoms with van der Waals surface area (Å²) >= 11 is 1.88. The van der Waals surface area contributed by atoms with Gasteiger partial charge in [0.05, 0.1) is 0 Å². The van der Waals surface area contributed by atoms with Crippen LogP contribution in [0.3, 0.4) is 0 Å². The quantitative estimate of drug-likeness (QED) is 0.843. The van der Waals surface area contributed by atoms with Crippen LogP contribution in [-0.2, 0) is 0 Å². The lowest BCUT2D eigenvalue weighted by Gasteiger charge is -2.27. The summed E-state index contributed by atoms with van der Waals surface area (Å²) in [6.07, 6.45) is 5.29. The molecular formula is C13H22N2S. The number of thiophene rings is 1. The van der Waals surface area contributed by atoms with Gasteiger partial charge >= 0.3 is 0 Å². The Balaban J connectivity index is 1.97. The van der Waals surface area contributed by atoms with E-state index in [2.05, 4.69) is 36.1 Å². The maximum Gasteiger partial charge on any atom is 0.0429 e. The maximum absolute atomic E-state index is 3.63. The Kier molecular flexibility index (Phi) is 4.38.